The molecule has 33 heavy (non-hydrogen) atoms. The molecule has 0 spiro atoms. The van der Waals surface area contributed by atoms with Crippen LogP contribution in [0.5, 0.6) is 0 Å². The number of hydrogen-bond acceptors (Lipinski definition) is 5. The van der Waals surface area contributed by atoms with Crippen LogP contribution in [0.3, 0.4) is 0 Å². The van der Waals surface area contributed by atoms with Crippen LogP contribution in [-0.4, -0.2) is 37.5 Å². The van der Waals surface area contributed by atoms with Crippen LogP contribution in [0.2, 0.25) is 0 Å². The molecule has 2 aliphatic heterocycles. The first-order valence-corrected chi connectivity index (χ1v) is 11.4. The van der Waals surface area contributed by atoms with Crippen molar-refractivity contribution >= 4 is 5.95 Å². The average Bonchev–Trinajstić information content (AvgIpc) is 3.39. The molecule has 2 aromatic heterocycles. The largest absolute Gasteiger partial charge is 0.368 e. The second-order valence-electron chi connectivity index (χ2n) is 8.85. The molecular weight excluding hydrogens is 415 g/mol. The molecule has 2 aliphatic rings. The molecular formula is C26H25FN6. The van der Waals surface area contributed by atoms with E-state index >= 15 is 0 Å². The molecule has 6 nitrogen and oxygen atoms in total. The molecule has 166 valence electrons. The number of hydrogen-bond donors (Lipinski definition) is 1. The van der Waals surface area contributed by atoms with Gasteiger partial charge in [0.2, 0.25) is 5.95 Å². The van der Waals surface area contributed by atoms with E-state index in [-0.39, 0.29) is 17.8 Å². The quantitative estimate of drug-likeness (QED) is 0.513. The van der Waals surface area contributed by atoms with Gasteiger partial charge in [-0.1, -0.05) is 24.3 Å². The normalized spacial score (nSPS) is 17.7. The zero-order valence-corrected chi connectivity index (χ0v) is 18.3. The summed E-state index contributed by atoms with van der Waals surface area (Å²) in [5.74, 6) is 1.01. The maximum atomic E-state index is 13.6. The zero-order chi connectivity index (χ0) is 22.4. The van der Waals surface area contributed by atoms with E-state index < -0.39 is 0 Å². The van der Waals surface area contributed by atoms with E-state index in [1.807, 2.05) is 6.07 Å². The van der Waals surface area contributed by atoms with Crippen LogP contribution in [0.4, 0.5) is 10.3 Å². The summed E-state index contributed by atoms with van der Waals surface area (Å²) in [6.07, 6.45) is 4.70. The molecule has 0 aliphatic carbocycles. The number of nitrogens with two attached hydrogens (primary N) is 1. The molecule has 2 N–H and O–H groups in total. The van der Waals surface area contributed by atoms with Gasteiger partial charge in [0.05, 0.1) is 17.1 Å². The number of fused-ring (bicyclic) bond motifs is 2. The Labute approximate surface area is 191 Å². The van der Waals surface area contributed by atoms with Crippen LogP contribution in [0.15, 0.2) is 60.8 Å². The highest BCUT2D eigenvalue weighted by atomic mass is 19.1. The van der Waals surface area contributed by atoms with Crippen molar-refractivity contribution in [1.29, 1.82) is 0 Å². The van der Waals surface area contributed by atoms with Gasteiger partial charge in [-0.15, -0.1) is 0 Å². The molecule has 2 aromatic carbocycles. The van der Waals surface area contributed by atoms with Crippen LogP contribution in [0.1, 0.15) is 29.4 Å². The summed E-state index contributed by atoms with van der Waals surface area (Å²) < 4.78 is 15.9. The third-order valence-corrected chi connectivity index (χ3v) is 6.76. The number of benzene rings is 2. The second kappa shape index (κ2) is 8.08. The Morgan fingerprint density at radius 2 is 1.79 bits per heavy atom. The molecule has 0 fully saturated rings. The summed E-state index contributed by atoms with van der Waals surface area (Å²) in [6, 6.07) is 17.4. The topological polar surface area (TPSA) is 72.9 Å². The number of aryl methyl sites for hydroxylation is 1. The third-order valence-electron chi connectivity index (χ3n) is 6.76. The first-order valence-electron chi connectivity index (χ1n) is 11.4. The van der Waals surface area contributed by atoms with Gasteiger partial charge >= 0.3 is 0 Å². The molecule has 7 heteroatoms. The van der Waals surface area contributed by atoms with Crippen LogP contribution in [0.25, 0.3) is 22.6 Å². The van der Waals surface area contributed by atoms with Gasteiger partial charge in [0.1, 0.15) is 11.6 Å². The lowest BCUT2D eigenvalue weighted by Crippen LogP contribution is -2.34. The fourth-order valence-corrected chi connectivity index (χ4v) is 5.21. The van der Waals surface area contributed by atoms with E-state index in [2.05, 4.69) is 43.7 Å². The van der Waals surface area contributed by atoms with Crippen LogP contribution in [-0.2, 0) is 19.4 Å². The predicted molar refractivity (Wildman–Crippen MR) is 126 cm³/mol. The maximum absolute atomic E-state index is 13.6. The Balaban J connectivity index is 1.39. The van der Waals surface area contributed by atoms with Crippen LogP contribution in [0, 0.1) is 5.82 Å². The summed E-state index contributed by atoms with van der Waals surface area (Å²) in [6.45, 7) is 2.98. The summed E-state index contributed by atoms with van der Waals surface area (Å²) >= 11 is 0. The Morgan fingerprint density at radius 1 is 0.970 bits per heavy atom. The average molecular weight is 441 g/mol. The van der Waals surface area contributed by atoms with Gasteiger partial charge < -0.3 is 10.3 Å². The van der Waals surface area contributed by atoms with Gasteiger partial charge in [0.15, 0.2) is 0 Å². The Hall–Kier alpha value is -3.58. The predicted octanol–water partition coefficient (Wildman–Crippen LogP) is 4.27. The molecule has 0 unspecified atom stereocenters. The van der Waals surface area contributed by atoms with E-state index in [0.29, 0.717) is 0 Å². The third kappa shape index (κ3) is 3.68. The lowest BCUT2D eigenvalue weighted by atomic mass is 9.99. The maximum Gasteiger partial charge on any atom is 0.220 e. The zero-order valence-electron chi connectivity index (χ0n) is 18.3. The van der Waals surface area contributed by atoms with Gasteiger partial charge in [-0.25, -0.2) is 19.3 Å². The number of anilines is 1. The summed E-state index contributed by atoms with van der Waals surface area (Å²) in [4.78, 5) is 16.1. The van der Waals surface area contributed by atoms with Crippen molar-refractivity contribution in [3.63, 3.8) is 0 Å². The first kappa shape index (κ1) is 20.1. The minimum Gasteiger partial charge on any atom is -0.368 e. The van der Waals surface area contributed by atoms with E-state index in [9.17, 15) is 4.39 Å². The number of nitrogens with zero attached hydrogens (tertiary/aromatic N) is 5. The minimum atomic E-state index is -0.262. The van der Waals surface area contributed by atoms with E-state index in [4.69, 9.17) is 10.7 Å². The summed E-state index contributed by atoms with van der Waals surface area (Å²) in [5.41, 5.74) is 12.2. The molecule has 4 aromatic rings. The van der Waals surface area contributed by atoms with Crippen molar-refractivity contribution in [3.8, 4) is 22.6 Å². The SMILES string of the molecule is Nc1nccc(-c2c(-c3ccc(F)cc3)nc3n2[C@H](CN2CCc4ccccc4C2)CC3)n1. The van der Waals surface area contributed by atoms with Gasteiger partial charge in [0, 0.05) is 43.9 Å². The highest BCUT2D eigenvalue weighted by Gasteiger charge is 2.32. The lowest BCUT2D eigenvalue weighted by molar-refractivity contribution is 0.218. The first-order chi connectivity index (χ1) is 16.2. The van der Waals surface area contributed by atoms with Crippen molar-refractivity contribution in [3.05, 3.63) is 83.6 Å². The smallest absolute Gasteiger partial charge is 0.220 e. The van der Waals surface area contributed by atoms with Crippen molar-refractivity contribution in [2.75, 3.05) is 18.8 Å². The number of nitrogen functional groups attached to an aromatic ring is 1. The second-order valence-corrected chi connectivity index (χ2v) is 8.85. The molecule has 6 rings (SSSR count). The van der Waals surface area contributed by atoms with Gasteiger partial charge in [-0.2, -0.15) is 0 Å². The number of imidazole rings is 1. The van der Waals surface area contributed by atoms with E-state index in [0.717, 1.165) is 67.4 Å². The lowest BCUT2D eigenvalue weighted by Gasteiger charge is -2.31. The van der Waals surface area contributed by atoms with Crippen LogP contribution < -0.4 is 5.73 Å². The van der Waals surface area contributed by atoms with Crippen molar-refractivity contribution in [1.82, 2.24) is 24.4 Å². The number of aromatic nitrogens is 4. The fraction of sp³-hybridized carbons (Fsp3) is 0.269. The number of rotatable bonds is 4. The summed E-state index contributed by atoms with van der Waals surface area (Å²) in [7, 11) is 0. The molecule has 0 saturated carbocycles. The van der Waals surface area contributed by atoms with Gasteiger partial charge in [-0.3, -0.25) is 4.90 Å². The molecule has 4 heterocycles. The Bertz CT molecular complexity index is 1310. The van der Waals surface area contributed by atoms with Crippen LogP contribution >= 0.6 is 0 Å². The monoisotopic (exact) mass is 440 g/mol. The van der Waals surface area contributed by atoms with Crippen molar-refractivity contribution in [2.24, 2.45) is 0 Å². The highest BCUT2D eigenvalue weighted by molar-refractivity contribution is 5.78. The molecule has 1 atom stereocenters. The molecule has 0 bridgehead atoms. The minimum absolute atomic E-state index is 0.232. The van der Waals surface area contributed by atoms with Crippen molar-refractivity contribution < 1.29 is 4.39 Å². The van der Waals surface area contributed by atoms with E-state index in [1.165, 1.54) is 23.3 Å². The van der Waals surface area contributed by atoms with Gasteiger partial charge in [0.25, 0.3) is 0 Å². The Kier molecular flexibility index (Phi) is 4.91. The highest BCUT2D eigenvalue weighted by Crippen LogP contribution is 2.39. The molecule has 0 amide bonds. The fourth-order valence-electron chi connectivity index (χ4n) is 5.21. The van der Waals surface area contributed by atoms with Gasteiger partial charge in [-0.05, 0) is 54.3 Å². The number of halogens is 1. The van der Waals surface area contributed by atoms with E-state index in [1.54, 1.807) is 18.3 Å². The molecule has 0 radical (unpaired) electrons. The standard InChI is InChI=1S/C26H25FN6/c27-20-7-5-18(6-8-20)24-25(22-11-13-29-26(28)30-22)33-21(9-10-23(33)31-24)16-32-14-12-17-3-1-2-4-19(17)15-32/h1-8,11,13,21H,9-10,12,14-16H2,(H2,28,29,30)/t21-/m0/s1. The summed E-state index contributed by atoms with van der Waals surface area (Å²) in [5, 5.41) is 0. The molecule has 0 saturated heterocycles. The van der Waals surface area contributed by atoms with Crippen molar-refractivity contribution in [2.45, 2.75) is 31.8 Å². The Morgan fingerprint density at radius 3 is 2.61 bits per heavy atom.